The molecule has 3 rings (SSSR count). The summed E-state index contributed by atoms with van der Waals surface area (Å²) in [6.07, 6.45) is -3.45. The Balaban J connectivity index is 1.79. The minimum atomic E-state index is -4.59. The Bertz CT molecular complexity index is 899. The lowest BCUT2D eigenvalue weighted by atomic mass is 10.1. The summed E-state index contributed by atoms with van der Waals surface area (Å²) < 4.78 is 44.4. The van der Waals surface area contributed by atoms with E-state index in [1.165, 1.54) is 31.4 Å². The molecule has 2 N–H and O–H groups in total. The van der Waals surface area contributed by atoms with Crippen LogP contribution in [0.2, 0.25) is 0 Å². The molecule has 9 heteroatoms. The van der Waals surface area contributed by atoms with Crippen LogP contribution in [0.25, 0.3) is 0 Å². The van der Waals surface area contributed by atoms with Crippen LogP contribution in [0.3, 0.4) is 0 Å². The van der Waals surface area contributed by atoms with E-state index in [9.17, 15) is 22.8 Å². The van der Waals surface area contributed by atoms with E-state index < -0.39 is 17.8 Å². The van der Waals surface area contributed by atoms with Crippen molar-refractivity contribution in [2.24, 2.45) is 0 Å². The SMILES string of the molecule is COc1ccc(NC(=O)Nc2ccccc2C(F)(F)F)cc1N1CCCC1=O. The summed E-state index contributed by atoms with van der Waals surface area (Å²) in [5, 5.41) is 4.70. The van der Waals surface area contributed by atoms with E-state index in [-0.39, 0.29) is 11.6 Å². The highest BCUT2D eigenvalue weighted by Gasteiger charge is 2.33. The van der Waals surface area contributed by atoms with E-state index in [4.69, 9.17) is 4.74 Å². The Kier molecular flexibility index (Phi) is 5.43. The minimum absolute atomic E-state index is 0.0565. The summed E-state index contributed by atoms with van der Waals surface area (Å²) in [4.78, 5) is 25.8. The third-order valence-corrected chi connectivity index (χ3v) is 4.28. The predicted molar refractivity (Wildman–Crippen MR) is 98.7 cm³/mol. The van der Waals surface area contributed by atoms with Gasteiger partial charge in [0.05, 0.1) is 24.0 Å². The number of nitrogens with zero attached hydrogens (tertiary/aromatic N) is 1. The molecule has 0 spiro atoms. The molecule has 0 bridgehead atoms. The Hall–Kier alpha value is -3.23. The number of methoxy groups -OCH3 is 1. The highest BCUT2D eigenvalue weighted by atomic mass is 19.4. The van der Waals surface area contributed by atoms with Crippen molar-refractivity contribution >= 4 is 29.0 Å². The first-order valence-corrected chi connectivity index (χ1v) is 8.52. The lowest BCUT2D eigenvalue weighted by Gasteiger charge is -2.20. The fourth-order valence-corrected chi connectivity index (χ4v) is 3.01. The normalized spacial score (nSPS) is 14.1. The Morgan fingerprint density at radius 3 is 2.54 bits per heavy atom. The number of halogens is 3. The summed E-state index contributed by atoms with van der Waals surface area (Å²) in [7, 11) is 1.47. The van der Waals surface area contributed by atoms with Gasteiger partial charge in [-0.1, -0.05) is 12.1 Å². The van der Waals surface area contributed by atoms with Gasteiger partial charge in [-0.25, -0.2) is 4.79 Å². The molecule has 2 aromatic rings. The third-order valence-electron chi connectivity index (χ3n) is 4.28. The number of urea groups is 1. The number of hydrogen-bond donors (Lipinski definition) is 2. The van der Waals surface area contributed by atoms with Crippen LogP contribution in [0.5, 0.6) is 5.75 Å². The maximum Gasteiger partial charge on any atom is 0.418 e. The summed E-state index contributed by atoms with van der Waals surface area (Å²) in [6, 6.07) is 8.55. The molecule has 0 atom stereocenters. The zero-order chi connectivity index (χ0) is 20.3. The van der Waals surface area contributed by atoms with Crippen LogP contribution in [0.1, 0.15) is 18.4 Å². The maximum absolute atomic E-state index is 13.0. The third kappa shape index (κ3) is 4.19. The smallest absolute Gasteiger partial charge is 0.418 e. The van der Waals surface area contributed by atoms with Gasteiger partial charge in [-0.05, 0) is 36.8 Å². The second-order valence-corrected chi connectivity index (χ2v) is 6.16. The van der Waals surface area contributed by atoms with Crippen LogP contribution in [0.4, 0.5) is 35.0 Å². The molecule has 0 aromatic heterocycles. The van der Waals surface area contributed by atoms with Gasteiger partial charge in [-0.2, -0.15) is 13.2 Å². The van der Waals surface area contributed by atoms with Crippen molar-refractivity contribution < 1.29 is 27.5 Å². The number of ether oxygens (including phenoxy) is 1. The number of benzene rings is 2. The van der Waals surface area contributed by atoms with E-state index in [1.54, 1.807) is 17.0 Å². The first kappa shape index (κ1) is 19.5. The molecule has 28 heavy (non-hydrogen) atoms. The zero-order valence-electron chi connectivity index (χ0n) is 15.0. The van der Waals surface area contributed by atoms with Crippen LogP contribution in [0.15, 0.2) is 42.5 Å². The van der Waals surface area contributed by atoms with Gasteiger partial charge in [0.1, 0.15) is 5.75 Å². The van der Waals surface area contributed by atoms with Crippen LogP contribution in [-0.2, 0) is 11.0 Å². The number of carbonyl (C=O) groups is 2. The molecule has 0 unspecified atom stereocenters. The molecule has 1 heterocycles. The van der Waals surface area contributed by atoms with E-state index in [0.29, 0.717) is 36.5 Å². The highest BCUT2D eigenvalue weighted by molar-refractivity contribution is 6.02. The molecule has 2 aromatic carbocycles. The Morgan fingerprint density at radius 2 is 1.89 bits per heavy atom. The van der Waals surface area contributed by atoms with Gasteiger partial charge in [-0.15, -0.1) is 0 Å². The average Bonchev–Trinajstić information content (AvgIpc) is 3.07. The molecule has 3 amide bonds. The Labute approximate surface area is 159 Å². The van der Waals surface area contributed by atoms with Crippen molar-refractivity contribution in [3.63, 3.8) is 0 Å². The van der Waals surface area contributed by atoms with Gasteiger partial charge >= 0.3 is 12.2 Å². The number of alkyl halides is 3. The number of rotatable bonds is 4. The van der Waals surface area contributed by atoms with Crippen LogP contribution in [0, 0.1) is 0 Å². The van der Waals surface area contributed by atoms with Gasteiger partial charge < -0.3 is 20.3 Å². The first-order chi connectivity index (χ1) is 13.3. The monoisotopic (exact) mass is 393 g/mol. The van der Waals surface area contributed by atoms with Gasteiger partial charge in [0.15, 0.2) is 0 Å². The van der Waals surface area contributed by atoms with E-state index in [2.05, 4.69) is 10.6 Å². The standard InChI is InChI=1S/C19H18F3N3O3/c1-28-16-9-8-12(11-15(16)25-10-4-7-17(25)26)23-18(27)24-14-6-3-2-5-13(14)19(20,21)22/h2-3,5-6,8-9,11H,4,7,10H2,1H3,(H2,23,24,27). The van der Waals surface area contributed by atoms with E-state index in [0.717, 1.165) is 6.07 Å². The van der Waals surface area contributed by atoms with Gasteiger partial charge in [-0.3, -0.25) is 4.79 Å². The number of carbonyl (C=O) groups excluding carboxylic acids is 2. The fraction of sp³-hybridized carbons (Fsp3) is 0.263. The summed E-state index contributed by atoms with van der Waals surface area (Å²) >= 11 is 0. The van der Waals surface area contributed by atoms with Crippen LogP contribution >= 0.6 is 0 Å². The lowest BCUT2D eigenvalue weighted by Crippen LogP contribution is -2.25. The predicted octanol–water partition coefficient (Wildman–Crippen LogP) is 4.48. The molecule has 0 aliphatic carbocycles. The molecule has 0 saturated carbocycles. The first-order valence-electron chi connectivity index (χ1n) is 8.52. The van der Waals surface area contributed by atoms with Crippen LogP contribution in [-0.4, -0.2) is 25.6 Å². The second-order valence-electron chi connectivity index (χ2n) is 6.16. The van der Waals surface area contributed by atoms with Crippen LogP contribution < -0.4 is 20.3 Å². The van der Waals surface area contributed by atoms with Crippen molar-refractivity contribution in [2.45, 2.75) is 19.0 Å². The molecule has 1 aliphatic heterocycles. The number of anilines is 3. The number of nitrogens with one attached hydrogen (secondary N) is 2. The molecular weight excluding hydrogens is 375 g/mol. The topological polar surface area (TPSA) is 70.7 Å². The maximum atomic E-state index is 13.0. The number of para-hydroxylation sites is 1. The van der Waals surface area contributed by atoms with Crippen molar-refractivity contribution in [2.75, 3.05) is 29.2 Å². The number of amides is 3. The average molecular weight is 393 g/mol. The number of hydrogen-bond acceptors (Lipinski definition) is 3. The minimum Gasteiger partial charge on any atom is -0.495 e. The summed E-state index contributed by atoms with van der Waals surface area (Å²) in [5.41, 5.74) is -0.477. The fourth-order valence-electron chi connectivity index (χ4n) is 3.01. The largest absolute Gasteiger partial charge is 0.495 e. The summed E-state index contributed by atoms with van der Waals surface area (Å²) in [6.45, 7) is 0.532. The van der Waals surface area contributed by atoms with E-state index in [1.807, 2.05) is 0 Å². The van der Waals surface area contributed by atoms with Crippen molar-refractivity contribution in [3.05, 3.63) is 48.0 Å². The summed E-state index contributed by atoms with van der Waals surface area (Å²) in [5.74, 6) is 0.405. The Morgan fingerprint density at radius 1 is 1.14 bits per heavy atom. The lowest BCUT2D eigenvalue weighted by molar-refractivity contribution is -0.136. The molecule has 1 saturated heterocycles. The van der Waals surface area contributed by atoms with Gasteiger partial charge in [0, 0.05) is 18.7 Å². The molecule has 148 valence electrons. The highest BCUT2D eigenvalue weighted by Crippen LogP contribution is 2.36. The van der Waals surface area contributed by atoms with Gasteiger partial charge in [0.25, 0.3) is 0 Å². The van der Waals surface area contributed by atoms with Crippen molar-refractivity contribution in [3.8, 4) is 5.75 Å². The quantitative estimate of drug-likeness (QED) is 0.804. The molecule has 0 radical (unpaired) electrons. The zero-order valence-corrected chi connectivity index (χ0v) is 15.0. The second kappa shape index (κ2) is 7.79. The molecule has 1 aliphatic rings. The van der Waals surface area contributed by atoms with Gasteiger partial charge in [0.2, 0.25) is 5.91 Å². The van der Waals surface area contributed by atoms with Crippen molar-refractivity contribution in [1.82, 2.24) is 0 Å². The molecular formula is C19H18F3N3O3. The van der Waals surface area contributed by atoms with Crippen molar-refractivity contribution in [1.29, 1.82) is 0 Å². The molecule has 1 fully saturated rings. The van der Waals surface area contributed by atoms with E-state index >= 15 is 0 Å². The molecule has 6 nitrogen and oxygen atoms in total.